The Labute approximate surface area is 150 Å². The molecule has 0 atom stereocenters. The molecule has 0 aliphatic heterocycles. The Morgan fingerprint density at radius 1 is 1.12 bits per heavy atom. The van der Waals surface area contributed by atoms with Crippen molar-refractivity contribution in [2.45, 2.75) is 53.5 Å². The molecule has 5 nitrogen and oxygen atoms in total. The first-order chi connectivity index (χ1) is 11.8. The minimum absolute atomic E-state index is 0.0787. The van der Waals surface area contributed by atoms with Crippen molar-refractivity contribution in [1.29, 1.82) is 0 Å². The van der Waals surface area contributed by atoms with Gasteiger partial charge in [0, 0.05) is 30.0 Å². The largest absolute Gasteiger partial charge is 0.368 e. The summed E-state index contributed by atoms with van der Waals surface area (Å²) in [4.78, 5) is 23.0. The molecule has 1 aromatic carbocycles. The number of carbonyl (C=O) groups is 1. The maximum atomic E-state index is 12.8. The van der Waals surface area contributed by atoms with Gasteiger partial charge in [-0.25, -0.2) is 9.97 Å². The molecule has 2 rings (SSSR count). The third kappa shape index (κ3) is 4.78. The number of nitrogens with two attached hydrogens (primary N) is 1. The molecule has 5 heteroatoms. The summed E-state index contributed by atoms with van der Waals surface area (Å²) in [6, 6.07) is 8.49. The third-order valence-corrected chi connectivity index (χ3v) is 4.52. The molecule has 1 heterocycles. The highest BCUT2D eigenvalue weighted by Crippen LogP contribution is 2.17. The number of nitrogens with zero attached hydrogens (tertiary/aromatic N) is 3. The number of likely N-dealkylation sites (N-methyl/N-ethyl adjacent to an activating group) is 1. The predicted octanol–water partition coefficient (Wildman–Crippen LogP) is 3.39. The third-order valence-electron chi connectivity index (χ3n) is 4.52. The van der Waals surface area contributed by atoms with E-state index in [1.807, 2.05) is 25.7 Å². The van der Waals surface area contributed by atoms with Crippen LogP contribution in [0.5, 0.6) is 0 Å². The van der Waals surface area contributed by atoms with Crippen molar-refractivity contribution in [2.24, 2.45) is 0 Å². The fraction of sp³-hybridized carbons (Fsp3) is 0.450. The van der Waals surface area contributed by atoms with Gasteiger partial charge >= 0.3 is 0 Å². The summed E-state index contributed by atoms with van der Waals surface area (Å²) in [6.07, 6.45) is 0.301. The zero-order valence-corrected chi connectivity index (χ0v) is 15.8. The van der Waals surface area contributed by atoms with E-state index in [9.17, 15) is 4.79 Å². The smallest absolute Gasteiger partial charge is 0.227 e. The van der Waals surface area contributed by atoms with E-state index >= 15 is 0 Å². The summed E-state index contributed by atoms with van der Waals surface area (Å²) in [7, 11) is 0. The van der Waals surface area contributed by atoms with E-state index < -0.39 is 0 Å². The standard InChI is InChI=1S/C20H28N4O/c1-6-24(12-16-7-9-17(10-8-16)13(2)3)19(25)11-18-14(4)22-20(21)23-15(18)5/h7-10,13H,6,11-12H2,1-5H3,(H2,21,22,23). The molecule has 2 aromatic rings. The maximum Gasteiger partial charge on any atom is 0.227 e. The Morgan fingerprint density at radius 2 is 1.68 bits per heavy atom. The van der Waals surface area contributed by atoms with Crippen LogP contribution >= 0.6 is 0 Å². The minimum atomic E-state index is 0.0787. The summed E-state index contributed by atoms with van der Waals surface area (Å²) < 4.78 is 0. The molecule has 0 radical (unpaired) electrons. The van der Waals surface area contributed by atoms with Gasteiger partial charge < -0.3 is 10.6 Å². The van der Waals surface area contributed by atoms with E-state index in [1.165, 1.54) is 5.56 Å². The SMILES string of the molecule is CCN(Cc1ccc(C(C)C)cc1)C(=O)Cc1c(C)nc(N)nc1C. The van der Waals surface area contributed by atoms with Crippen molar-refractivity contribution in [2.75, 3.05) is 12.3 Å². The van der Waals surface area contributed by atoms with Crippen LogP contribution in [0.15, 0.2) is 24.3 Å². The Hall–Kier alpha value is -2.43. The van der Waals surface area contributed by atoms with Gasteiger partial charge in [-0.2, -0.15) is 0 Å². The number of rotatable bonds is 6. The van der Waals surface area contributed by atoms with Gasteiger partial charge in [-0.05, 0) is 37.8 Å². The fourth-order valence-electron chi connectivity index (χ4n) is 2.89. The second kappa shape index (κ2) is 8.10. The molecule has 134 valence electrons. The van der Waals surface area contributed by atoms with Crippen LogP contribution in [0.25, 0.3) is 0 Å². The maximum absolute atomic E-state index is 12.8. The van der Waals surface area contributed by atoms with Crippen LogP contribution in [0.3, 0.4) is 0 Å². The van der Waals surface area contributed by atoms with Gasteiger partial charge in [-0.15, -0.1) is 0 Å². The first-order valence-corrected chi connectivity index (χ1v) is 8.78. The summed E-state index contributed by atoms with van der Waals surface area (Å²) in [6.45, 7) is 11.4. The molecule has 0 unspecified atom stereocenters. The van der Waals surface area contributed by atoms with Gasteiger partial charge in [0.1, 0.15) is 0 Å². The first kappa shape index (κ1) is 18.9. The van der Waals surface area contributed by atoms with Crippen LogP contribution in [-0.2, 0) is 17.8 Å². The molecule has 25 heavy (non-hydrogen) atoms. The second-order valence-corrected chi connectivity index (χ2v) is 6.71. The molecule has 0 saturated carbocycles. The Balaban J connectivity index is 2.11. The van der Waals surface area contributed by atoms with Crippen LogP contribution in [-0.4, -0.2) is 27.3 Å². The molecule has 2 N–H and O–H groups in total. The van der Waals surface area contributed by atoms with Crippen molar-refractivity contribution in [3.8, 4) is 0 Å². The van der Waals surface area contributed by atoms with Gasteiger partial charge in [0.05, 0.1) is 6.42 Å². The number of aromatic nitrogens is 2. The number of nitrogen functional groups attached to an aromatic ring is 1. The van der Waals surface area contributed by atoms with Crippen molar-refractivity contribution in [3.05, 3.63) is 52.3 Å². The molecule has 1 aromatic heterocycles. The van der Waals surface area contributed by atoms with Crippen LogP contribution in [0, 0.1) is 13.8 Å². The summed E-state index contributed by atoms with van der Waals surface area (Å²) in [5.74, 6) is 0.841. The highest BCUT2D eigenvalue weighted by molar-refractivity contribution is 5.79. The first-order valence-electron chi connectivity index (χ1n) is 8.78. The van der Waals surface area contributed by atoms with Gasteiger partial charge in [0.25, 0.3) is 0 Å². The van der Waals surface area contributed by atoms with Crippen LogP contribution < -0.4 is 5.73 Å². The summed E-state index contributed by atoms with van der Waals surface area (Å²) >= 11 is 0. The number of hydrogen-bond acceptors (Lipinski definition) is 4. The zero-order chi connectivity index (χ0) is 18.6. The number of aryl methyl sites for hydroxylation is 2. The Morgan fingerprint density at radius 3 is 2.16 bits per heavy atom. The number of amides is 1. The highest BCUT2D eigenvalue weighted by Gasteiger charge is 2.17. The van der Waals surface area contributed by atoms with Crippen molar-refractivity contribution >= 4 is 11.9 Å². The van der Waals surface area contributed by atoms with Gasteiger partial charge in [-0.1, -0.05) is 38.1 Å². The monoisotopic (exact) mass is 340 g/mol. The topological polar surface area (TPSA) is 72.1 Å². The van der Waals surface area contributed by atoms with Gasteiger partial charge in [0.2, 0.25) is 11.9 Å². The molecule has 0 fully saturated rings. The van der Waals surface area contributed by atoms with E-state index in [0.29, 0.717) is 25.4 Å². The number of carbonyl (C=O) groups excluding carboxylic acids is 1. The molecular weight excluding hydrogens is 312 g/mol. The molecule has 0 aliphatic rings. The summed E-state index contributed by atoms with van der Waals surface area (Å²) in [5.41, 5.74) is 10.5. The Kier molecular flexibility index (Phi) is 6.12. The number of anilines is 1. The zero-order valence-electron chi connectivity index (χ0n) is 15.8. The van der Waals surface area contributed by atoms with E-state index in [-0.39, 0.29) is 11.9 Å². The second-order valence-electron chi connectivity index (χ2n) is 6.71. The predicted molar refractivity (Wildman–Crippen MR) is 101 cm³/mol. The van der Waals surface area contributed by atoms with Crippen LogP contribution in [0.2, 0.25) is 0 Å². The molecule has 0 saturated heterocycles. The molecular formula is C20H28N4O. The van der Waals surface area contributed by atoms with Crippen molar-refractivity contribution < 1.29 is 4.79 Å². The van der Waals surface area contributed by atoms with Crippen molar-refractivity contribution in [1.82, 2.24) is 14.9 Å². The number of benzene rings is 1. The lowest BCUT2D eigenvalue weighted by Crippen LogP contribution is -2.32. The van der Waals surface area contributed by atoms with Crippen LogP contribution in [0.1, 0.15) is 54.8 Å². The van der Waals surface area contributed by atoms with E-state index in [2.05, 4.69) is 48.1 Å². The van der Waals surface area contributed by atoms with Crippen LogP contribution in [0.4, 0.5) is 5.95 Å². The molecule has 0 aliphatic carbocycles. The van der Waals surface area contributed by atoms with Crippen molar-refractivity contribution in [3.63, 3.8) is 0 Å². The van der Waals surface area contributed by atoms with E-state index in [0.717, 1.165) is 22.5 Å². The number of hydrogen-bond donors (Lipinski definition) is 1. The average Bonchev–Trinajstić information content (AvgIpc) is 2.56. The van der Waals surface area contributed by atoms with Gasteiger partial charge in [-0.3, -0.25) is 4.79 Å². The lowest BCUT2D eigenvalue weighted by atomic mass is 10.0. The lowest BCUT2D eigenvalue weighted by molar-refractivity contribution is -0.130. The van der Waals surface area contributed by atoms with E-state index in [1.54, 1.807) is 0 Å². The average molecular weight is 340 g/mol. The quantitative estimate of drug-likeness (QED) is 0.875. The lowest BCUT2D eigenvalue weighted by Gasteiger charge is -2.22. The van der Waals surface area contributed by atoms with E-state index in [4.69, 9.17) is 5.73 Å². The summed E-state index contributed by atoms with van der Waals surface area (Å²) in [5, 5.41) is 0. The molecule has 1 amide bonds. The molecule has 0 bridgehead atoms. The minimum Gasteiger partial charge on any atom is -0.368 e. The highest BCUT2D eigenvalue weighted by atomic mass is 16.2. The van der Waals surface area contributed by atoms with Gasteiger partial charge in [0.15, 0.2) is 0 Å². The Bertz CT molecular complexity index is 715. The molecule has 0 spiro atoms. The fourth-order valence-corrected chi connectivity index (χ4v) is 2.89. The normalized spacial score (nSPS) is 11.0.